The molecule has 0 saturated heterocycles. The lowest BCUT2D eigenvalue weighted by atomic mass is 9.95. The molecule has 3 nitrogen and oxygen atoms in total. The first kappa shape index (κ1) is 16.8. The molecule has 1 aromatic carbocycles. The highest BCUT2D eigenvalue weighted by atomic mass is 79.9. The maximum atomic E-state index is 6.16. The van der Waals surface area contributed by atoms with Crippen molar-refractivity contribution in [3.63, 3.8) is 0 Å². The summed E-state index contributed by atoms with van der Waals surface area (Å²) >= 11 is 3.61. The van der Waals surface area contributed by atoms with E-state index in [4.69, 9.17) is 9.47 Å². The summed E-state index contributed by atoms with van der Waals surface area (Å²) in [7, 11) is 1.79. The highest BCUT2D eigenvalue weighted by Gasteiger charge is 2.23. The molecule has 0 spiro atoms. The zero-order valence-electron chi connectivity index (χ0n) is 13.2. The zero-order chi connectivity index (χ0) is 15.2. The molecule has 1 N–H and O–H groups in total. The van der Waals surface area contributed by atoms with Gasteiger partial charge in [0.2, 0.25) is 0 Å². The Morgan fingerprint density at radius 3 is 2.76 bits per heavy atom. The van der Waals surface area contributed by atoms with E-state index >= 15 is 0 Å². The van der Waals surface area contributed by atoms with Crippen molar-refractivity contribution >= 4 is 15.9 Å². The van der Waals surface area contributed by atoms with E-state index in [9.17, 15) is 0 Å². The summed E-state index contributed by atoms with van der Waals surface area (Å²) in [6, 6.07) is 6.72. The smallest absolute Gasteiger partial charge is 0.120 e. The van der Waals surface area contributed by atoms with Crippen LogP contribution >= 0.6 is 15.9 Å². The van der Waals surface area contributed by atoms with Gasteiger partial charge in [-0.25, -0.2) is 0 Å². The second-order valence-electron chi connectivity index (χ2n) is 6.05. The second kappa shape index (κ2) is 8.16. The van der Waals surface area contributed by atoms with E-state index in [2.05, 4.69) is 47.2 Å². The lowest BCUT2D eigenvalue weighted by molar-refractivity contribution is 0.0209. The van der Waals surface area contributed by atoms with Crippen LogP contribution in [0.4, 0.5) is 0 Å². The van der Waals surface area contributed by atoms with Gasteiger partial charge in [0, 0.05) is 30.6 Å². The van der Waals surface area contributed by atoms with Gasteiger partial charge in [-0.2, -0.15) is 0 Å². The van der Waals surface area contributed by atoms with E-state index in [0.717, 1.165) is 36.0 Å². The average molecular weight is 356 g/mol. The molecule has 118 valence electrons. The van der Waals surface area contributed by atoms with Crippen LogP contribution in [-0.2, 0) is 11.3 Å². The second-order valence-corrected chi connectivity index (χ2v) is 6.91. The molecule has 0 aliphatic heterocycles. The molecule has 1 aliphatic rings. The van der Waals surface area contributed by atoms with E-state index in [1.807, 2.05) is 6.07 Å². The molecule has 1 saturated carbocycles. The van der Waals surface area contributed by atoms with Gasteiger partial charge in [-0.3, -0.25) is 0 Å². The van der Waals surface area contributed by atoms with Crippen LogP contribution in [0.25, 0.3) is 0 Å². The molecule has 1 aromatic rings. The van der Waals surface area contributed by atoms with Crippen molar-refractivity contribution in [2.45, 2.75) is 64.3 Å². The van der Waals surface area contributed by atoms with Crippen molar-refractivity contribution in [3.05, 3.63) is 28.2 Å². The van der Waals surface area contributed by atoms with Crippen LogP contribution in [0.3, 0.4) is 0 Å². The molecule has 2 atom stereocenters. The summed E-state index contributed by atoms with van der Waals surface area (Å²) in [5.41, 5.74) is 1.24. The van der Waals surface area contributed by atoms with Gasteiger partial charge in [-0.15, -0.1) is 0 Å². The van der Waals surface area contributed by atoms with E-state index in [1.54, 1.807) is 7.11 Å². The molecule has 0 aromatic heterocycles. The van der Waals surface area contributed by atoms with Crippen molar-refractivity contribution in [1.82, 2.24) is 5.32 Å². The molecule has 0 heterocycles. The number of benzene rings is 1. The van der Waals surface area contributed by atoms with Crippen LogP contribution in [0.1, 0.15) is 45.1 Å². The number of halogens is 1. The van der Waals surface area contributed by atoms with Gasteiger partial charge < -0.3 is 14.8 Å². The minimum atomic E-state index is 0.274. The average Bonchev–Trinajstić information content (AvgIpc) is 2.48. The molecule has 0 radical (unpaired) electrons. The van der Waals surface area contributed by atoms with Crippen molar-refractivity contribution in [2.75, 3.05) is 7.11 Å². The summed E-state index contributed by atoms with van der Waals surface area (Å²) in [5.74, 6) is 0.959. The summed E-state index contributed by atoms with van der Waals surface area (Å²) < 4.78 is 12.8. The lowest BCUT2D eigenvalue weighted by Crippen LogP contribution is -2.29. The van der Waals surface area contributed by atoms with Gasteiger partial charge in [-0.05, 0) is 43.0 Å². The number of rotatable bonds is 6. The van der Waals surface area contributed by atoms with Crippen LogP contribution in [0.5, 0.6) is 5.75 Å². The Hall–Kier alpha value is -0.580. The molecule has 2 rings (SSSR count). The number of hydrogen-bond donors (Lipinski definition) is 1. The Bertz CT molecular complexity index is 450. The van der Waals surface area contributed by atoms with Gasteiger partial charge in [-0.1, -0.05) is 29.8 Å². The Morgan fingerprint density at radius 1 is 1.29 bits per heavy atom. The monoisotopic (exact) mass is 355 g/mol. The fourth-order valence-electron chi connectivity index (χ4n) is 2.69. The van der Waals surface area contributed by atoms with E-state index < -0.39 is 0 Å². The Kier molecular flexibility index (Phi) is 6.52. The van der Waals surface area contributed by atoms with Crippen LogP contribution in [-0.4, -0.2) is 25.4 Å². The van der Waals surface area contributed by atoms with Gasteiger partial charge in [0.05, 0.1) is 6.10 Å². The first-order valence-corrected chi connectivity index (χ1v) is 8.59. The standard InChI is InChI=1S/C17H26BrNO2/c1-12(2)19-11-13-9-16(7-8-17(13)18)21-15-6-4-5-14(10-15)20-3/h7-9,12,14-15,19H,4-6,10-11H2,1-3H3. The highest BCUT2D eigenvalue weighted by molar-refractivity contribution is 9.10. The molecule has 1 fully saturated rings. The quantitative estimate of drug-likeness (QED) is 0.825. The molecular weight excluding hydrogens is 330 g/mol. The number of methoxy groups -OCH3 is 1. The van der Waals surface area contributed by atoms with E-state index in [-0.39, 0.29) is 6.10 Å². The minimum Gasteiger partial charge on any atom is -0.490 e. The minimum absolute atomic E-state index is 0.274. The molecule has 0 bridgehead atoms. The first-order valence-electron chi connectivity index (χ1n) is 7.79. The third-order valence-corrected chi connectivity index (χ3v) is 4.71. The van der Waals surface area contributed by atoms with Gasteiger partial charge >= 0.3 is 0 Å². The van der Waals surface area contributed by atoms with Crippen molar-refractivity contribution < 1.29 is 9.47 Å². The van der Waals surface area contributed by atoms with E-state index in [0.29, 0.717) is 12.1 Å². The maximum Gasteiger partial charge on any atom is 0.120 e. The molecule has 2 unspecified atom stereocenters. The highest BCUT2D eigenvalue weighted by Crippen LogP contribution is 2.28. The fraction of sp³-hybridized carbons (Fsp3) is 0.647. The summed E-state index contributed by atoms with van der Waals surface area (Å²) in [6.45, 7) is 5.16. The number of hydrogen-bond acceptors (Lipinski definition) is 3. The first-order chi connectivity index (χ1) is 10.1. The summed E-state index contributed by atoms with van der Waals surface area (Å²) in [6.07, 6.45) is 5.07. The predicted octanol–water partition coefficient (Wildman–Crippen LogP) is 4.28. The molecule has 4 heteroatoms. The van der Waals surface area contributed by atoms with Gasteiger partial charge in [0.25, 0.3) is 0 Å². The molecule has 21 heavy (non-hydrogen) atoms. The number of nitrogens with one attached hydrogen (secondary N) is 1. The van der Waals surface area contributed by atoms with Crippen LogP contribution in [0.15, 0.2) is 22.7 Å². The summed E-state index contributed by atoms with van der Waals surface area (Å²) in [5, 5.41) is 3.44. The molecule has 0 amide bonds. The normalized spacial score (nSPS) is 22.5. The largest absolute Gasteiger partial charge is 0.490 e. The Morgan fingerprint density at radius 2 is 2.05 bits per heavy atom. The van der Waals surface area contributed by atoms with Crippen molar-refractivity contribution in [2.24, 2.45) is 0 Å². The SMILES string of the molecule is COC1CCCC(Oc2ccc(Br)c(CNC(C)C)c2)C1. The van der Waals surface area contributed by atoms with Gasteiger partial charge in [0.1, 0.15) is 11.9 Å². The zero-order valence-corrected chi connectivity index (χ0v) is 14.8. The fourth-order valence-corrected chi connectivity index (χ4v) is 3.08. The predicted molar refractivity (Wildman–Crippen MR) is 89.8 cm³/mol. The Labute approximate surface area is 136 Å². The molecule has 1 aliphatic carbocycles. The third-order valence-electron chi connectivity index (χ3n) is 3.93. The topological polar surface area (TPSA) is 30.5 Å². The lowest BCUT2D eigenvalue weighted by Gasteiger charge is -2.28. The summed E-state index contributed by atoms with van der Waals surface area (Å²) in [4.78, 5) is 0. The van der Waals surface area contributed by atoms with E-state index in [1.165, 1.54) is 12.0 Å². The van der Waals surface area contributed by atoms with Crippen LogP contribution in [0.2, 0.25) is 0 Å². The van der Waals surface area contributed by atoms with Crippen molar-refractivity contribution in [1.29, 1.82) is 0 Å². The van der Waals surface area contributed by atoms with Crippen LogP contribution < -0.4 is 10.1 Å². The Balaban J connectivity index is 1.98. The van der Waals surface area contributed by atoms with Crippen LogP contribution in [0, 0.1) is 0 Å². The van der Waals surface area contributed by atoms with Gasteiger partial charge in [0.15, 0.2) is 0 Å². The molecular formula is C17H26BrNO2. The maximum absolute atomic E-state index is 6.16. The number of ether oxygens (including phenoxy) is 2. The van der Waals surface area contributed by atoms with Crippen molar-refractivity contribution in [3.8, 4) is 5.75 Å². The third kappa shape index (κ3) is 5.28.